The van der Waals surface area contributed by atoms with E-state index in [9.17, 15) is 33.9 Å². The molecule has 548 valence electrons. The second-order valence-corrected chi connectivity index (χ2v) is 25.9. The van der Waals surface area contributed by atoms with Gasteiger partial charge in [0.25, 0.3) is 8.53 Å². The fourth-order valence-electron chi connectivity index (χ4n) is 11.0. The van der Waals surface area contributed by atoms with Gasteiger partial charge in [0.1, 0.15) is 5.76 Å². The number of hydrogen-bond donors (Lipinski definition) is 4. The van der Waals surface area contributed by atoms with Gasteiger partial charge in [-0.05, 0) is 176 Å². The fourth-order valence-corrected chi connectivity index (χ4v) is 12.6. The summed E-state index contributed by atoms with van der Waals surface area (Å²) in [6.45, 7) is 16.1. The maximum Gasteiger partial charge on any atom is 0.424 e. The van der Waals surface area contributed by atoms with Crippen molar-refractivity contribution in [1.82, 2.24) is 18.4 Å². The first-order valence-corrected chi connectivity index (χ1v) is 35.3. The molecular formula is C83H86N7O15P. The van der Waals surface area contributed by atoms with Crippen LogP contribution in [0.4, 0.5) is 32.3 Å². The third-order valence-electron chi connectivity index (χ3n) is 16.4. The number of hydrogen-bond acceptors (Lipinski definition) is 17. The number of aromatic nitrogens is 3. The number of aryl methyl sites for hydroxylation is 1. The van der Waals surface area contributed by atoms with Gasteiger partial charge in [0, 0.05) is 85.2 Å². The molecule has 2 amide bonds. The highest BCUT2D eigenvalue weighted by molar-refractivity contribution is 7.44. The molecule has 23 heteroatoms. The molecule has 11 rings (SSSR count). The Kier molecular flexibility index (Phi) is 30.0. The number of aromatic hydroxyl groups is 2. The maximum atomic E-state index is 13.6. The number of benzene rings is 7. The summed E-state index contributed by atoms with van der Waals surface area (Å²) in [5.41, 5.74) is 8.09. The number of amides is 2. The molecule has 4 heterocycles. The van der Waals surface area contributed by atoms with Crippen molar-refractivity contribution in [2.75, 3.05) is 36.2 Å². The van der Waals surface area contributed by atoms with E-state index in [1.165, 1.54) is 47.3 Å². The number of carbonyl (C=O) groups is 2. The number of aliphatic hydroxyl groups excluding tert-OH is 2. The molecule has 0 spiro atoms. The Hall–Kier alpha value is -11.8. The number of nitrogens with zero attached hydrogens (tertiary/aromatic N) is 7. The number of nitriles is 1. The molecule has 0 saturated heterocycles. The average Bonchev–Trinajstić information content (AvgIpc) is 0.810. The van der Waals surface area contributed by atoms with Crippen molar-refractivity contribution in [3.8, 4) is 46.1 Å². The quantitative estimate of drug-likeness (QED) is 0.0342. The second kappa shape index (κ2) is 39.7. The monoisotopic (exact) mass is 1450 g/mol. The average molecular weight is 1450 g/mol. The third kappa shape index (κ3) is 21.7. The van der Waals surface area contributed by atoms with Crippen LogP contribution >= 0.6 is 8.53 Å². The molecule has 0 aliphatic rings. The van der Waals surface area contributed by atoms with Gasteiger partial charge in [0.05, 0.1) is 71.8 Å². The van der Waals surface area contributed by atoms with E-state index in [0.717, 1.165) is 33.8 Å². The number of rotatable bonds is 23. The molecule has 4 aromatic heterocycles. The van der Waals surface area contributed by atoms with Gasteiger partial charge in [0.15, 0.2) is 17.2 Å². The van der Waals surface area contributed by atoms with Crippen molar-refractivity contribution in [2.45, 2.75) is 93.2 Å². The van der Waals surface area contributed by atoms with Gasteiger partial charge >= 0.3 is 12.2 Å². The summed E-state index contributed by atoms with van der Waals surface area (Å²) in [5.74, 6) is -0.345. The lowest BCUT2D eigenvalue weighted by molar-refractivity contribution is 0.177. The lowest BCUT2D eigenvalue weighted by Gasteiger charge is -2.35. The summed E-state index contributed by atoms with van der Waals surface area (Å²) in [4.78, 5) is 77.2. The Labute approximate surface area is 616 Å². The van der Waals surface area contributed by atoms with Crippen LogP contribution in [0.25, 0.3) is 17.1 Å². The van der Waals surface area contributed by atoms with E-state index < -0.39 is 26.1 Å². The smallest absolute Gasteiger partial charge is 0.424 e. The number of aliphatic hydroxyl groups is 2. The number of para-hydroxylation sites is 4. The maximum absolute atomic E-state index is 13.6. The molecule has 106 heavy (non-hydrogen) atoms. The Bertz CT molecular complexity index is 4850. The van der Waals surface area contributed by atoms with E-state index in [2.05, 4.69) is 42.9 Å². The summed E-state index contributed by atoms with van der Waals surface area (Å²) in [6, 6.07) is 67.7. The summed E-state index contributed by atoms with van der Waals surface area (Å²) in [6.07, 6.45) is 7.04. The van der Waals surface area contributed by atoms with Gasteiger partial charge in [-0.1, -0.05) is 109 Å². The number of carbonyl (C=O) groups excluding carboxylic acids is 2. The van der Waals surface area contributed by atoms with Crippen LogP contribution < -0.4 is 41.0 Å². The molecule has 7 aromatic carbocycles. The molecule has 0 saturated carbocycles. The molecule has 22 nitrogen and oxygen atoms in total. The van der Waals surface area contributed by atoms with Gasteiger partial charge < -0.3 is 57.1 Å². The Morgan fingerprint density at radius 2 is 0.792 bits per heavy atom. The van der Waals surface area contributed by atoms with E-state index in [-0.39, 0.29) is 70.3 Å². The Morgan fingerprint density at radius 1 is 0.453 bits per heavy atom. The molecule has 0 aliphatic carbocycles. The lowest BCUT2D eigenvalue weighted by atomic mass is 10.1. The van der Waals surface area contributed by atoms with E-state index in [4.69, 9.17) is 39.1 Å². The number of pyridine rings is 3. The molecule has 0 aliphatic heterocycles. The summed E-state index contributed by atoms with van der Waals surface area (Å²) >= 11 is 0. The molecule has 0 bridgehead atoms. The molecule has 11 aromatic rings. The van der Waals surface area contributed by atoms with Gasteiger partial charge in [-0.15, -0.1) is 0 Å². The van der Waals surface area contributed by atoms with Gasteiger partial charge in [-0.25, -0.2) is 24.1 Å². The first-order valence-electron chi connectivity index (χ1n) is 34.2. The minimum Gasteiger partial charge on any atom is -0.503 e. The zero-order valence-electron chi connectivity index (χ0n) is 60.3. The summed E-state index contributed by atoms with van der Waals surface area (Å²) < 4.78 is 36.0. The van der Waals surface area contributed by atoms with Crippen LogP contribution in [0.2, 0.25) is 0 Å². The zero-order valence-corrected chi connectivity index (χ0v) is 61.2. The van der Waals surface area contributed by atoms with Crippen LogP contribution in [-0.4, -0.2) is 89.5 Å². The van der Waals surface area contributed by atoms with Crippen LogP contribution in [-0.2, 0) is 28.3 Å². The first-order chi connectivity index (χ1) is 51.1. The molecule has 0 radical (unpaired) electrons. The second-order valence-electron chi connectivity index (χ2n) is 24.4. The SMILES string of the molecule is Cc1c(O)c(=O)ccn1-c1ccc(CCO)cc1.Cc1c(OC(=O)N(c2ccccc2)c2ccccc2)c(=O)ccn1-c1ccc(CCO)cc1.Cc1c(OC(=O)N(c2ccccc2)c2ccccc2)c(=O)ccn1-c1ccc(CCOP(OCCC#N)N(C(C)C)C(C)C)cc1.Cc1occc(=O)c1O. The molecule has 0 fully saturated rings. The standard InChI is InChI=1S/C36H41N4O5P.C27H24N2O4.C14H15NO3.C6H6O3/c1-27(2)40(28(3)4)46(43-25-12-23-37)44-26-22-30-17-19-31(20-18-30)38-24-21-34(41)35(29(38)5)45-36(42)39(32-13-8-6-9-14-32)33-15-10-7-11-16-33;1-20-26(25(31)16-18-28(20)22-14-12-21(13-15-22)17-19-30)33-27(32)29(23-8-4-2-5-9-23)24-10-6-3-7-11-24;1-10-14(18)13(17)6-8-15(10)12-4-2-11(3-5-12)7-9-16;1-4-6(8)5(7)2-3-9-4/h6-11,13-21,24,27-28H,12,22,25-26H2,1-5H3;2-16,18,30H,17,19H2,1H3;2-6,8,16,18H,7,9H2,1H3;2-3,8H,1H3. The van der Waals surface area contributed by atoms with Crippen molar-refractivity contribution in [2.24, 2.45) is 0 Å². The number of ether oxygens (including phenoxy) is 2. The lowest BCUT2D eigenvalue weighted by Crippen LogP contribution is -2.33. The first kappa shape index (κ1) is 79.9. The Morgan fingerprint density at radius 3 is 1.13 bits per heavy atom. The van der Waals surface area contributed by atoms with Gasteiger partial charge in [-0.3, -0.25) is 19.2 Å². The minimum absolute atomic E-state index is 0.0289. The predicted octanol–water partition coefficient (Wildman–Crippen LogP) is 15.4. The highest BCUT2D eigenvalue weighted by Crippen LogP contribution is 2.46. The summed E-state index contributed by atoms with van der Waals surface area (Å²) in [5, 5.41) is 45.3. The summed E-state index contributed by atoms with van der Waals surface area (Å²) in [7, 11) is -1.30. The predicted molar refractivity (Wildman–Crippen MR) is 412 cm³/mol. The normalized spacial score (nSPS) is 11.1. The number of anilines is 4. The highest BCUT2D eigenvalue weighted by Gasteiger charge is 2.28. The van der Waals surface area contributed by atoms with Crippen LogP contribution in [0, 0.1) is 39.0 Å². The van der Waals surface area contributed by atoms with Crippen molar-refractivity contribution in [3.05, 3.63) is 324 Å². The molecule has 1 atom stereocenters. The van der Waals surface area contributed by atoms with Crippen LogP contribution in [0.3, 0.4) is 0 Å². The van der Waals surface area contributed by atoms with Gasteiger partial charge in [-0.2, -0.15) is 5.26 Å². The topological polar surface area (TPSA) is 282 Å². The van der Waals surface area contributed by atoms with E-state index in [0.29, 0.717) is 78.7 Å². The fraction of sp³-hybridized carbons (Fsp3) is 0.217. The van der Waals surface area contributed by atoms with Crippen LogP contribution in [0.15, 0.2) is 267 Å². The highest BCUT2D eigenvalue weighted by atomic mass is 31.2. The largest absolute Gasteiger partial charge is 0.503 e. The van der Waals surface area contributed by atoms with Crippen LogP contribution in [0.1, 0.15) is 73.6 Å². The molecule has 4 N–H and O–H groups in total. The van der Waals surface area contributed by atoms with E-state index in [1.54, 1.807) is 72.8 Å². The van der Waals surface area contributed by atoms with Crippen LogP contribution in [0.5, 0.6) is 23.0 Å². The van der Waals surface area contributed by atoms with Crippen molar-refractivity contribution < 1.29 is 53.0 Å². The van der Waals surface area contributed by atoms with Gasteiger partial charge in [0.2, 0.25) is 27.5 Å². The Balaban J connectivity index is 0.000000203. The van der Waals surface area contributed by atoms with E-state index >= 15 is 0 Å². The van der Waals surface area contributed by atoms with E-state index in [1.807, 2.05) is 174 Å². The molecular weight excluding hydrogens is 1370 g/mol. The van der Waals surface area contributed by atoms with Crippen molar-refractivity contribution in [3.63, 3.8) is 0 Å². The van der Waals surface area contributed by atoms with Crippen molar-refractivity contribution >= 4 is 43.5 Å². The third-order valence-corrected chi connectivity index (χ3v) is 18.5. The zero-order chi connectivity index (χ0) is 76.2. The van der Waals surface area contributed by atoms with Crippen molar-refractivity contribution in [1.29, 1.82) is 5.26 Å². The molecule has 1 unspecified atom stereocenters. The minimum atomic E-state index is -1.30.